The van der Waals surface area contributed by atoms with E-state index >= 15 is 0 Å². The Kier molecular flexibility index (Phi) is 4.94. The minimum Gasteiger partial charge on any atom is -0.302 e. The zero-order valence-corrected chi connectivity index (χ0v) is 10.8. The van der Waals surface area contributed by atoms with Crippen molar-refractivity contribution in [2.75, 3.05) is 13.6 Å². The first kappa shape index (κ1) is 14.4. The van der Waals surface area contributed by atoms with E-state index in [-0.39, 0.29) is 13.1 Å². The Labute approximate surface area is 106 Å². The summed E-state index contributed by atoms with van der Waals surface area (Å²) in [4.78, 5) is 1.44. The van der Waals surface area contributed by atoms with Gasteiger partial charge in [-0.2, -0.15) is 13.2 Å². The topological polar surface area (TPSA) is 3.24 Å². The summed E-state index contributed by atoms with van der Waals surface area (Å²) in [5.41, 5.74) is 0.387. The molecule has 1 nitrogen and oxygen atoms in total. The van der Waals surface area contributed by atoms with Crippen LogP contribution in [-0.2, 0) is 6.54 Å². The van der Waals surface area contributed by atoms with Crippen LogP contribution in [-0.4, -0.2) is 24.7 Å². The van der Waals surface area contributed by atoms with Gasteiger partial charge in [-0.25, -0.2) is 4.39 Å². The van der Waals surface area contributed by atoms with Crippen molar-refractivity contribution in [3.63, 3.8) is 0 Å². The Morgan fingerprint density at radius 2 is 1.94 bits per heavy atom. The average Bonchev–Trinajstić information content (AvgIpc) is 2.18. The molecule has 0 heterocycles. The molecule has 0 aliphatic rings. The maximum atomic E-state index is 13.4. The Hall–Kier alpha value is -0.620. The number of hydrogen-bond donors (Lipinski definition) is 0. The van der Waals surface area contributed by atoms with Crippen LogP contribution in [0.4, 0.5) is 17.6 Å². The minimum atomic E-state index is -4.17. The van der Waals surface area contributed by atoms with Crippen LogP contribution in [0.1, 0.15) is 12.0 Å². The van der Waals surface area contributed by atoms with Gasteiger partial charge in [0, 0.05) is 23.1 Å². The molecule has 0 unspecified atom stereocenters. The van der Waals surface area contributed by atoms with Gasteiger partial charge in [-0.3, -0.25) is 0 Å². The first-order valence-corrected chi connectivity index (χ1v) is 5.76. The first-order valence-electron chi connectivity index (χ1n) is 4.97. The molecule has 0 aromatic heterocycles. The Balaban J connectivity index is 2.53. The molecule has 0 aliphatic heterocycles. The van der Waals surface area contributed by atoms with Crippen LogP contribution in [0.3, 0.4) is 0 Å². The second-order valence-corrected chi connectivity index (χ2v) is 4.75. The second-order valence-electron chi connectivity index (χ2n) is 3.84. The first-order chi connectivity index (χ1) is 7.78. The number of halogens is 5. The molecule has 1 aromatic carbocycles. The van der Waals surface area contributed by atoms with E-state index in [2.05, 4.69) is 15.9 Å². The average molecular weight is 314 g/mol. The Morgan fingerprint density at radius 3 is 2.47 bits per heavy atom. The zero-order valence-electron chi connectivity index (χ0n) is 9.19. The van der Waals surface area contributed by atoms with Gasteiger partial charge < -0.3 is 4.90 Å². The summed E-state index contributed by atoms with van der Waals surface area (Å²) in [6.45, 7) is 0.0220. The van der Waals surface area contributed by atoms with Crippen molar-refractivity contribution in [3.8, 4) is 0 Å². The molecular formula is C11H12BrF4N. The largest absolute Gasteiger partial charge is 0.390 e. The molecule has 96 valence electrons. The summed E-state index contributed by atoms with van der Waals surface area (Å²) in [5.74, 6) is -0.418. The van der Waals surface area contributed by atoms with Gasteiger partial charge in [0.25, 0.3) is 0 Å². The highest BCUT2D eigenvalue weighted by molar-refractivity contribution is 9.10. The number of hydrogen-bond acceptors (Lipinski definition) is 1. The van der Waals surface area contributed by atoms with Gasteiger partial charge in [-0.1, -0.05) is 22.0 Å². The molecule has 0 saturated heterocycles. The predicted molar refractivity (Wildman–Crippen MR) is 61.1 cm³/mol. The SMILES string of the molecule is CN(CCC(F)(F)F)Cc1ccc(Br)cc1F. The Morgan fingerprint density at radius 1 is 1.29 bits per heavy atom. The molecule has 6 heteroatoms. The van der Waals surface area contributed by atoms with Gasteiger partial charge >= 0.3 is 6.18 Å². The fraction of sp³-hybridized carbons (Fsp3) is 0.455. The third kappa shape index (κ3) is 5.50. The molecule has 0 N–H and O–H groups in total. The molecule has 1 rings (SSSR count). The standard InChI is InChI=1S/C11H12BrF4N/c1-17(5-4-11(14,15)16)7-8-2-3-9(12)6-10(8)13/h2-3,6H,4-5,7H2,1H3. The van der Waals surface area contributed by atoms with Crippen molar-refractivity contribution in [3.05, 3.63) is 34.1 Å². The summed E-state index contributed by atoms with van der Waals surface area (Å²) in [6.07, 6.45) is -5.06. The highest BCUT2D eigenvalue weighted by Gasteiger charge is 2.27. The van der Waals surface area contributed by atoms with Crippen LogP contribution in [0.2, 0.25) is 0 Å². The molecule has 0 spiro atoms. The van der Waals surface area contributed by atoms with E-state index in [1.165, 1.54) is 18.0 Å². The molecule has 0 atom stereocenters. The molecule has 0 aliphatic carbocycles. The van der Waals surface area contributed by atoms with Gasteiger partial charge in [-0.05, 0) is 19.2 Å². The summed E-state index contributed by atoms with van der Waals surface area (Å²) in [5, 5.41) is 0. The number of alkyl halides is 3. The lowest BCUT2D eigenvalue weighted by Crippen LogP contribution is -2.24. The molecule has 0 fully saturated rings. The molecule has 0 radical (unpaired) electrons. The van der Waals surface area contributed by atoms with Crippen molar-refractivity contribution in [2.24, 2.45) is 0 Å². The predicted octanol–water partition coefficient (Wildman–Crippen LogP) is 3.97. The maximum Gasteiger partial charge on any atom is 0.390 e. The van der Waals surface area contributed by atoms with Crippen LogP contribution in [0.15, 0.2) is 22.7 Å². The van der Waals surface area contributed by atoms with Crippen LogP contribution in [0, 0.1) is 5.82 Å². The third-order valence-electron chi connectivity index (χ3n) is 2.23. The molecule has 0 bridgehead atoms. The lowest BCUT2D eigenvalue weighted by molar-refractivity contribution is -0.137. The smallest absolute Gasteiger partial charge is 0.302 e. The van der Waals surface area contributed by atoms with Gasteiger partial charge in [0.2, 0.25) is 0 Å². The quantitative estimate of drug-likeness (QED) is 0.760. The van der Waals surface area contributed by atoms with Crippen LogP contribution < -0.4 is 0 Å². The van der Waals surface area contributed by atoms with E-state index in [0.717, 1.165) is 0 Å². The highest BCUT2D eigenvalue weighted by atomic mass is 79.9. The molecule has 1 aromatic rings. The van der Waals surface area contributed by atoms with Gasteiger partial charge in [0.05, 0.1) is 6.42 Å². The van der Waals surface area contributed by atoms with Crippen molar-refractivity contribution < 1.29 is 17.6 Å². The molecule has 0 amide bonds. The summed E-state index contributed by atoms with van der Waals surface area (Å²) < 4.78 is 50.0. The lowest BCUT2D eigenvalue weighted by Gasteiger charge is -2.18. The fourth-order valence-electron chi connectivity index (χ4n) is 1.34. The van der Waals surface area contributed by atoms with Gasteiger partial charge in [-0.15, -0.1) is 0 Å². The summed E-state index contributed by atoms with van der Waals surface area (Å²) in [7, 11) is 1.53. The minimum absolute atomic E-state index is 0.140. The van der Waals surface area contributed by atoms with E-state index in [0.29, 0.717) is 10.0 Å². The Bertz CT molecular complexity index is 378. The van der Waals surface area contributed by atoms with E-state index in [9.17, 15) is 17.6 Å². The number of benzene rings is 1. The number of rotatable bonds is 4. The monoisotopic (exact) mass is 313 g/mol. The highest BCUT2D eigenvalue weighted by Crippen LogP contribution is 2.21. The summed E-state index contributed by atoms with van der Waals surface area (Å²) in [6, 6.07) is 4.52. The fourth-order valence-corrected chi connectivity index (χ4v) is 1.67. The van der Waals surface area contributed by atoms with E-state index in [1.807, 2.05) is 0 Å². The molecular weight excluding hydrogens is 302 g/mol. The molecule has 0 saturated carbocycles. The van der Waals surface area contributed by atoms with E-state index in [4.69, 9.17) is 0 Å². The zero-order chi connectivity index (χ0) is 13.1. The lowest BCUT2D eigenvalue weighted by atomic mass is 10.2. The van der Waals surface area contributed by atoms with E-state index in [1.54, 1.807) is 12.1 Å². The van der Waals surface area contributed by atoms with Crippen LogP contribution >= 0.6 is 15.9 Å². The van der Waals surface area contributed by atoms with Crippen molar-refractivity contribution in [2.45, 2.75) is 19.1 Å². The van der Waals surface area contributed by atoms with Crippen molar-refractivity contribution >= 4 is 15.9 Å². The van der Waals surface area contributed by atoms with Crippen molar-refractivity contribution in [1.82, 2.24) is 4.90 Å². The van der Waals surface area contributed by atoms with Gasteiger partial charge in [0.15, 0.2) is 0 Å². The molecule has 17 heavy (non-hydrogen) atoms. The number of nitrogens with zero attached hydrogens (tertiary/aromatic N) is 1. The second kappa shape index (κ2) is 5.82. The maximum absolute atomic E-state index is 13.4. The van der Waals surface area contributed by atoms with Crippen LogP contribution in [0.5, 0.6) is 0 Å². The normalized spacial score (nSPS) is 12.2. The summed E-state index contributed by atoms with van der Waals surface area (Å²) >= 11 is 3.12. The van der Waals surface area contributed by atoms with Crippen molar-refractivity contribution in [1.29, 1.82) is 0 Å². The third-order valence-corrected chi connectivity index (χ3v) is 2.73. The van der Waals surface area contributed by atoms with Crippen LogP contribution in [0.25, 0.3) is 0 Å². The van der Waals surface area contributed by atoms with Gasteiger partial charge in [0.1, 0.15) is 5.82 Å². The van der Waals surface area contributed by atoms with E-state index < -0.39 is 18.4 Å².